The molecule has 4 nitrogen and oxygen atoms in total. The van der Waals surface area contributed by atoms with Gasteiger partial charge in [0.1, 0.15) is 11.9 Å². The Labute approximate surface area is 114 Å². The van der Waals surface area contributed by atoms with Crippen LogP contribution < -0.4 is 10.5 Å². The Balaban J connectivity index is 1.98. The number of hydrogen-bond acceptors (Lipinski definition) is 3. The number of rotatable bonds is 1. The smallest absolute Gasteiger partial charge is 0.142 e. The topological polar surface area (TPSA) is 53.1 Å². The van der Waals surface area contributed by atoms with Crippen LogP contribution in [0.2, 0.25) is 0 Å². The molecule has 0 spiro atoms. The minimum atomic E-state index is -0.0331. The normalized spacial score (nSPS) is 22.4. The summed E-state index contributed by atoms with van der Waals surface area (Å²) in [4.78, 5) is 4.13. The summed E-state index contributed by atoms with van der Waals surface area (Å²) < 4.78 is 9.01. The van der Waals surface area contributed by atoms with Crippen molar-refractivity contribution < 1.29 is 4.74 Å². The van der Waals surface area contributed by atoms with Crippen LogP contribution in [0.1, 0.15) is 29.8 Å². The van der Waals surface area contributed by atoms with Gasteiger partial charge in [-0.05, 0) is 12.1 Å². The Morgan fingerprint density at radius 2 is 2.33 bits per heavy atom. The molecule has 1 unspecified atom stereocenters. The zero-order valence-corrected chi connectivity index (χ0v) is 11.6. The average Bonchev–Trinajstić information content (AvgIpc) is 2.74. The number of fused-ring (bicyclic) bond motifs is 1. The first kappa shape index (κ1) is 11.7. The van der Waals surface area contributed by atoms with Crippen molar-refractivity contribution in [3.63, 3.8) is 0 Å². The monoisotopic (exact) mass is 307 g/mol. The quantitative estimate of drug-likeness (QED) is 0.881. The lowest BCUT2D eigenvalue weighted by Gasteiger charge is -2.30. The summed E-state index contributed by atoms with van der Waals surface area (Å²) in [5, 5.41) is 0. The van der Waals surface area contributed by atoms with Crippen molar-refractivity contribution >= 4 is 15.9 Å². The zero-order chi connectivity index (χ0) is 12.7. The number of aromatic nitrogens is 2. The van der Waals surface area contributed by atoms with E-state index in [1.807, 2.05) is 36.0 Å². The van der Waals surface area contributed by atoms with Crippen molar-refractivity contribution in [3.8, 4) is 5.75 Å². The van der Waals surface area contributed by atoms with E-state index < -0.39 is 0 Å². The van der Waals surface area contributed by atoms with Crippen molar-refractivity contribution in [3.05, 3.63) is 46.5 Å². The predicted octanol–water partition coefficient (Wildman–Crippen LogP) is 2.71. The second kappa shape index (κ2) is 4.40. The van der Waals surface area contributed by atoms with Gasteiger partial charge in [0, 0.05) is 29.5 Å². The van der Waals surface area contributed by atoms with Crippen LogP contribution in [-0.2, 0) is 7.05 Å². The summed E-state index contributed by atoms with van der Waals surface area (Å²) in [5.74, 6) is 0.856. The Bertz CT molecular complexity index is 581. The van der Waals surface area contributed by atoms with Crippen molar-refractivity contribution in [1.29, 1.82) is 0 Å². The summed E-state index contributed by atoms with van der Waals surface area (Å²) in [6, 6.07) is 5.98. The fourth-order valence-electron chi connectivity index (χ4n) is 2.33. The number of benzene rings is 1. The van der Waals surface area contributed by atoms with Gasteiger partial charge in [-0.1, -0.05) is 22.0 Å². The fraction of sp³-hybridized carbons (Fsp3) is 0.308. The maximum absolute atomic E-state index is 6.22. The second-order valence-corrected chi connectivity index (χ2v) is 5.48. The van der Waals surface area contributed by atoms with Crippen LogP contribution in [0.3, 0.4) is 0 Å². The van der Waals surface area contributed by atoms with Gasteiger partial charge in [0.2, 0.25) is 0 Å². The molecule has 1 aliphatic rings. The molecule has 0 saturated carbocycles. The van der Waals surface area contributed by atoms with E-state index in [9.17, 15) is 0 Å². The van der Waals surface area contributed by atoms with E-state index in [0.29, 0.717) is 0 Å². The molecule has 0 radical (unpaired) electrons. The lowest BCUT2D eigenvalue weighted by atomic mass is 9.96. The number of hydrogen-bond donors (Lipinski definition) is 1. The number of nitrogens with two attached hydrogens (primary N) is 1. The van der Waals surface area contributed by atoms with Crippen LogP contribution in [0, 0.1) is 0 Å². The lowest BCUT2D eigenvalue weighted by Crippen LogP contribution is -2.25. The highest BCUT2D eigenvalue weighted by molar-refractivity contribution is 9.10. The summed E-state index contributed by atoms with van der Waals surface area (Å²) in [6.07, 6.45) is 4.35. The van der Waals surface area contributed by atoms with Gasteiger partial charge in [-0.25, -0.2) is 4.98 Å². The second-order valence-electron chi connectivity index (χ2n) is 4.56. The van der Waals surface area contributed by atoms with Crippen LogP contribution >= 0.6 is 15.9 Å². The maximum Gasteiger partial charge on any atom is 0.142 e. The minimum Gasteiger partial charge on any atom is -0.484 e. The molecule has 2 N–H and O–H groups in total. The summed E-state index contributed by atoms with van der Waals surface area (Å²) in [6.45, 7) is 0. The van der Waals surface area contributed by atoms with Gasteiger partial charge in [-0.2, -0.15) is 0 Å². The molecule has 0 bridgehead atoms. The first-order valence-corrected chi connectivity index (χ1v) is 6.62. The molecule has 0 fully saturated rings. The first-order chi connectivity index (χ1) is 8.65. The molecule has 0 amide bonds. The maximum atomic E-state index is 6.22. The Kier molecular flexibility index (Phi) is 2.87. The van der Waals surface area contributed by atoms with Gasteiger partial charge in [0.25, 0.3) is 0 Å². The Hall–Kier alpha value is -1.33. The molecule has 0 aliphatic carbocycles. The SMILES string of the molecule is Cn1cncc1C1C[C@H](N)c2ccc(Br)cc2O1. The highest BCUT2D eigenvalue weighted by Crippen LogP contribution is 2.40. The minimum absolute atomic E-state index is 0.00162. The van der Waals surface area contributed by atoms with Crippen LogP contribution in [0.15, 0.2) is 35.2 Å². The molecule has 3 rings (SSSR count). The molecule has 1 aromatic carbocycles. The predicted molar refractivity (Wildman–Crippen MR) is 72.3 cm³/mol. The Morgan fingerprint density at radius 1 is 1.50 bits per heavy atom. The Morgan fingerprint density at radius 3 is 3.06 bits per heavy atom. The standard InChI is InChI=1S/C13H14BrN3O/c1-17-7-16-6-11(17)13-5-10(15)9-3-2-8(14)4-12(9)18-13/h2-4,6-7,10,13H,5,15H2,1H3/t10-,13?/m0/s1. The molecule has 2 heterocycles. The third-order valence-corrected chi connectivity index (χ3v) is 3.79. The van der Waals surface area contributed by atoms with Gasteiger partial charge < -0.3 is 15.0 Å². The van der Waals surface area contributed by atoms with Gasteiger partial charge in [-0.15, -0.1) is 0 Å². The highest BCUT2D eigenvalue weighted by atomic mass is 79.9. The van der Waals surface area contributed by atoms with Crippen molar-refractivity contribution in [1.82, 2.24) is 9.55 Å². The van der Waals surface area contributed by atoms with Gasteiger partial charge in [0.05, 0.1) is 18.2 Å². The van der Waals surface area contributed by atoms with Crippen molar-refractivity contribution in [2.24, 2.45) is 12.8 Å². The molecule has 5 heteroatoms. The van der Waals surface area contributed by atoms with E-state index in [1.54, 1.807) is 6.33 Å². The van der Waals surface area contributed by atoms with Gasteiger partial charge in [-0.3, -0.25) is 0 Å². The highest BCUT2D eigenvalue weighted by Gasteiger charge is 2.28. The van der Waals surface area contributed by atoms with Crippen LogP contribution in [0.5, 0.6) is 5.75 Å². The fourth-order valence-corrected chi connectivity index (χ4v) is 2.67. The molecule has 18 heavy (non-hydrogen) atoms. The molecule has 94 valence electrons. The average molecular weight is 308 g/mol. The molecular weight excluding hydrogens is 294 g/mol. The van der Waals surface area contributed by atoms with E-state index >= 15 is 0 Å². The molecular formula is C13H14BrN3O. The summed E-state index contributed by atoms with van der Waals surface area (Å²) in [7, 11) is 1.97. The van der Waals surface area contributed by atoms with E-state index in [4.69, 9.17) is 10.5 Å². The van der Waals surface area contributed by atoms with Crippen molar-refractivity contribution in [2.45, 2.75) is 18.6 Å². The van der Waals surface area contributed by atoms with E-state index in [0.717, 1.165) is 27.9 Å². The van der Waals surface area contributed by atoms with Crippen LogP contribution in [0.25, 0.3) is 0 Å². The largest absolute Gasteiger partial charge is 0.484 e. The number of halogens is 1. The zero-order valence-electron chi connectivity index (χ0n) is 10.0. The number of aryl methyl sites for hydroxylation is 1. The first-order valence-electron chi connectivity index (χ1n) is 5.83. The summed E-state index contributed by atoms with van der Waals surface area (Å²) >= 11 is 3.46. The van der Waals surface area contributed by atoms with Crippen LogP contribution in [0.4, 0.5) is 0 Å². The van der Waals surface area contributed by atoms with Gasteiger partial charge in [0.15, 0.2) is 0 Å². The third-order valence-electron chi connectivity index (χ3n) is 3.30. The van der Waals surface area contributed by atoms with Crippen molar-refractivity contribution in [2.75, 3.05) is 0 Å². The van der Waals surface area contributed by atoms with Gasteiger partial charge >= 0.3 is 0 Å². The van der Waals surface area contributed by atoms with E-state index in [1.165, 1.54) is 0 Å². The van der Waals surface area contributed by atoms with E-state index in [2.05, 4.69) is 20.9 Å². The number of imidazole rings is 1. The molecule has 0 saturated heterocycles. The van der Waals surface area contributed by atoms with Crippen LogP contribution in [-0.4, -0.2) is 9.55 Å². The molecule has 2 aromatic rings. The molecule has 2 atom stereocenters. The summed E-state index contributed by atoms with van der Waals surface area (Å²) in [5.41, 5.74) is 8.34. The number of ether oxygens (including phenoxy) is 1. The molecule has 1 aliphatic heterocycles. The number of nitrogens with zero attached hydrogens (tertiary/aromatic N) is 2. The van der Waals surface area contributed by atoms with E-state index in [-0.39, 0.29) is 12.1 Å². The molecule has 1 aromatic heterocycles. The lowest BCUT2D eigenvalue weighted by molar-refractivity contribution is 0.154. The third kappa shape index (κ3) is 1.93.